The molecule has 0 atom stereocenters. The van der Waals surface area contributed by atoms with E-state index in [0.29, 0.717) is 11.6 Å². The Hall–Kier alpha value is -2.15. The number of anilines is 3. The molecule has 1 fully saturated rings. The summed E-state index contributed by atoms with van der Waals surface area (Å²) in [6.07, 6.45) is 2.43. The third-order valence-corrected chi connectivity index (χ3v) is 3.77. The summed E-state index contributed by atoms with van der Waals surface area (Å²) in [5.74, 6) is 0.619. The largest absolute Gasteiger partial charge is 0.393 e. The number of thiazole rings is 1. The molecule has 0 unspecified atom stereocenters. The van der Waals surface area contributed by atoms with Crippen molar-refractivity contribution < 1.29 is 4.92 Å². The van der Waals surface area contributed by atoms with Gasteiger partial charge in [0.15, 0.2) is 5.13 Å². The molecule has 98 valence electrons. The Kier molecular flexibility index (Phi) is 2.83. The van der Waals surface area contributed by atoms with Crippen molar-refractivity contribution >= 4 is 33.5 Å². The third-order valence-electron chi connectivity index (χ3n) is 2.99. The number of nitrogens with zero attached hydrogens (tertiary/aromatic N) is 2. The van der Waals surface area contributed by atoms with Crippen LogP contribution in [0.3, 0.4) is 0 Å². The van der Waals surface area contributed by atoms with E-state index in [-0.39, 0.29) is 11.4 Å². The quantitative estimate of drug-likeness (QED) is 0.508. The van der Waals surface area contributed by atoms with Crippen molar-refractivity contribution in [3.63, 3.8) is 0 Å². The van der Waals surface area contributed by atoms with E-state index in [1.807, 2.05) is 0 Å². The Labute approximate surface area is 113 Å². The molecule has 0 amide bonds. The summed E-state index contributed by atoms with van der Waals surface area (Å²) in [6.45, 7) is 0. The number of hydrogen-bond donors (Lipinski definition) is 2. The first-order chi connectivity index (χ1) is 9.13. The summed E-state index contributed by atoms with van der Waals surface area (Å²) in [7, 11) is 0. The monoisotopic (exact) mass is 276 g/mol. The van der Waals surface area contributed by atoms with Gasteiger partial charge in [-0.15, -0.1) is 11.3 Å². The van der Waals surface area contributed by atoms with Crippen molar-refractivity contribution in [2.24, 2.45) is 0 Å². The Morgan fingerprint density at radius 3 is 2.89 bits per heavy atom. The van der Waals surface area contributed by atoms with E-state index in [2.05, 4.69) is 15.7 Å². The molecule has 0 bridgehead atoms. The predicted molar refractivity (Wildman–Crippen MR) is 74.9 cm³/mol. The van der Waals surface area contributed by atoms with Crippen LogP contribution in [0.25, 0.3) is 0 Å². The van der Waals surface area contributed by atoms with Gasteiger partial charge in [-0.25, -0.2) is 4.98 Å². The molecular formula is C12H12N4O2S. The summed E-state index contributed by atoms with van der Waals surface area (Å²) in [6, 6.07) is 4.58. The highest BCUT2D eigenvalue weighted by atomic mass is 32.1. The summed E-state index contributed by atoms with van der Waals surface area (Å²) < 4.78 is 0. The molecule has 0 spiro atoms. The van der Waals surface area contributed by atoms with Gasteiger partial charge in [0, 0.05) is 23.1 Å². The Morgan fingerprint density at radius 1 is 1.47 bits per heavy atom. The topological polar surface area (TPSA) is 94.1 Å². The van der Waals surface area contributed by atoms with Crippen molar-refractivity contribution in [3.05, 3.63) is 39.4 Å². The molecule has 1 aliphatic carbocycles. The van der Waals surface area contributed by atoms with Crippen LogP contribution in [-0.2, 0) is 0 Å². The number of nitrogens with one attached hydrogen (secondary N) is 1. The normalized spacial score (nSPS) is 14.3. The van der Waals surface area contributed by atoms with Crippen LogP contribution in [0, 0.1) is 10.1 Å². The average molecular weight is 276 g/mol. The summed E-state index contributed by atoms with van der Waals surface area (Å²) >= 11 is 1.53. The van der Waals surface area contributed by atoms with Gasteiger partial charge >= 0.3 is 0 Å². The minimum absolute atomic E-state index is 0.0802. The molecule has 0 radical (unpaired) electrons. The van der Waals surface area contributed by atoms with Crippen LogP contribution in [-0.4, -0.2) is 9.91 Å². The Morgan fingerprint density at radius 2 is 2.26 bits per heavy atom. The molecule has 6 nitrogen and oxygen atoms in total. The molecule has 2 aromatic rings. The number of aromatic nitrogens is 1. The van der Waals surface area contributed by atoms with Crippen molar-refractivity contribution in [3.8, 4) is 0 Å². The number of rotatable bonds is 4. The van der Waals surface area contributed by atoms with Crippen LogP contribution in [0.1, 0.15) is 24.5 Å². The highest BCUT2D eigenvalue weighted by molar-refractivity contribution is 7.13. The van der Waals surface area contributed by atoms with E-state index in [1.54, 1.807) is 12.1 Å². The minimum Gasteiger partial charge on any atom is -0.393 e. The zero-order valence-corrected chi connectivity index (χ0v) is 10.8. The van der Waals surface area contributed by atoms with Gasteiger partial charge in [-0.2, -0.15) is 0 Å². The fourth-order valence-electron chi connectivity index (χ4n) is 1.83. The maximum Gasteiger partial charge on any atom is 0.292 e. The van der Waals surface area contributed by atoms with E-state index >= 15 is 0 Å². The molecule has 3 rings (SSSR count). The van der Waals surface area contributed by atoms with Gasteiger partial charge in [-0.05, 0) is 25.0 Å². The molecule has 1 saturated carbocycles. The van der Waals surface area contributed by atoms with Crippen molar-refractivity contribution in [2.45, 2.75) is 18.8 Å². The molecule has 1 aromatic carbocycles. The van der Waals surface area contributed by atoms with Crippen molar-refractivity contribution in [1.82, 2.24) is 4.98 Å². The highest BCUT2D eigenvalue weighted by Gasteiger charge is 2.26. The first-order valence-corrected chi connectivity index (χ1v) is 6.78. The van der Waals surface area contributed by atoms with E-state index in [1.165, 1.54) is 30.2 Å². The third kappa shape index (κ3) is 2.50. The lowest BCUT2D eigenvalue weighted by molar-refractivity contribution is -0.383. The molecule has 0 aliphatic heterocycles. The second-order valence-electron chi connectivity index (χ2n) is 4.51. The second kappa shape index (κ2) is 4.51. The van der Waals surface area contributed by atoms with E-state index in [0.717, 1.165) is 10.8 Å². The van der Waals surface area contributed by atoms with Gasteiger partial charge in [0.25, 0.3) is 5.69 Å². The number of nitro groups is 1. The Bertz CT molecular complexity index is 636. The number of nitrogens with two attached hydrogens (primary N) is 1. The first-order valence-electron chi connectivity index (χ1n) is 5.90. The second-order valence-corrected chi connectivity index (χ2v) is 5.37. The summed E-state index contributed by atoms with van der Waals surface area (Å²) in [4.78, 5) is 14.7. The molecule has 3 N–H and O–H groups in total. The molecule has 19 heavy (non-hydrogen) atoms. The molecule has 0 saturated heterocycles. The zero-order valence-electron chi connectivity index (χ0n) is 10.00. The van der Waals surface area contributed by atoms with Crippen molar-refractivity contribution in [2.75, 3.05) is 11.1 Å². The molecule has 1 aliphatic rings. The van der Waals surface area contributed by atoms with Crippen LogP contribution in [0.2, 0.25) is 0 Å². The van der Waals surface area contributed by atoms with Gasteiger partial charge in [0.1, 0.15) is 5.69 Å². The van der Waals surface area contributed by atoms with Crippen LogP contribution >= 0.6 is 11.3 Å². The van der Waals surface area contributed by atoms with Crippen LogP contribution < -0.4 is 11.1 Å². The molecule has 1 heterocycles. The van der Waals surface area contributed by atoms with Crippen LogP contribution in [0.4, 0.5) is 22.2 Å². The minimum atomic E-state index is -0.492. The van der Waals surface area contributed by atoms with Gasteiger partial charge in [0.05, 0.1) is 10.6 Å². The molecule has 1 aromatic heterocycles. The van der Waals surface area contributed by atoms with Crippen molar-refractivity contribution in [1.29, 1.82) is 0 Å². The lowest BCUT2D eigenvalue weighted by Crippen LogP contribution is -1.97. The first kappa shape index (κ1) is 11.9. The molecular weight excluding hydrogens is 264 g/mol. The van der Waals surface area contributed by atoms with Gasteiger partial charge < -0.3 is 11.1 Å². The maximum absolute atomic E-state index is 10.7. The van der Waals surface area contributed by atoms with E-state index < -0.39 is 4.92 Å². The maximum atomic E-state index is 10.7. The van der Waals surface area contributed by atoms with Gasteiger partial charge in [-0.1, -0.05) is 0 Å². The van der Waals surface area contributed by atoms with E-state index in [4.69, 9.17) is 5.73 Å². The summed E-state index contributed by atoms with van der Waals surface area (Å²) in [5.41, 5.74) is 7.54. The van der Waals surface area contributed by atoms with Gasteiger partial charge in [-0.3, -0.25) is 10.1 Å². The fourth-order valence-corrected chi connectivity index (χ4v) is 2.64. The highest BCUT2D eigenvalue weighted by Crippen LogP contribution is 2.41. The van der Waals surface area contributed by atoms with Gasteiger partial charge in [0.2, 0.25) is 0 Å². The zero-order chi connectivity index (χ0) is 13.4. The lowest BCUT2D eigenvalue weighted by Gasteiger charge is -2.04. The average Bonchev–Trinajstić information content (AvgIpc) is 3.10. The number of nitrogen functional groups attached to an aromatic ring is 1. The number of hydrogen-bond acceptors (Lipinski definition) is 6. The fraction of sp³-hybridized carbons (Fsp3) is 0.250. The lowest BCUT2D eigenvalue weighted by atomic mass is 10.2. The predicted octanol–water partition coefficient (Wildman–Crippen LogP) is 3.25. The number of benzene rings is 1. The van der Waals surface area contributed by atoms with E-state index in [9.17, 15) is 10.1 Å². The van der Waals surface area contributed by atoms with Crippen LogP contribution in [0.5, 0.6) is 0 Å². The standard InChI is InChI=1S/C12H12N4O2S/c13-9-5-8(3-4-11(9)16(17)18)14-12-15-10(6-19-12)7-1-2-7/h3-7H,1-2,13H2,(H,14,15). The van der Waals surface area contributed by atoms with Crippen LogP contribution in [0.15, 0.2) is 23.6 Å². The molecule has 7 heteroatoms. The SMILES string of the molecule is Nc1cc(Nc2nc(C3CC3)cs2)ccc1[N+](=O)[O-]. The number of nitro benzene ring substituents is 1. The summed E-state index contributed by atoms with van der Waals surface area (Å²) in [5, 5.41) is 16.6. The smallest absolute Gasteiger partial charge is 0.292 e. The Balaban J connectivity index is 1.78.